The normalized spacial score (nSPS) is 14.4. The maximum Gasteiger partial charge on any atom is 0.472 e. The highest BCUT2D eigenvalue weighted by Gasteiger charge is 2.30. The molecule has 0 aliphatic rings. The van der Waals surface area contributed by atoms with E-state index in [9.17, 15) is 43.2 Å². The third-order valence-electron chi connectivity index (χ3n) is 17.5. The van der Waals surface area contributed by atoms with Crippen LogP contribution in [-0.4, -0.2) is 96.7 Å². The maximum absolute atomic E-state index is 13.1. The number of aliphatic hydroxyl groups is 1. The Morgan fingerprint density at radius 3 is 0.817 bits per heavy atom. The molecule has 0 aliphatic carbocycles. The van der Waals surface area contributed by atoms with Gasteiger partial charge < -0.3 is 33.8 Å². The molecule has 552 valence electrons. The van der Waals surface area contributed by atoms with Crippen LogP contribution in [0, 0.1) is 17.8 Å². The Kier molecular flexibility index (Phi) is 63.4. The molecule has 0 radical (unpaired) electrons. The lowest BCUT2D eigenvalue weighted by Crippen LogP contribution is -2.30. The quantitative estimate of drug-likeness (QED) is 0.0222. The van der Waals surface area contributed by atoms with Gasteiger partial charge in [0.25, 0.3) is 0 Å². The molecule has 0 fully saturated rings. The highest BCUT2D eigenvalue weighted by molar-refractivity contribution is 7.47. The average Bonchev–Trinajstić information content (AvgIpc) is 2.86. The van der Waals surface area contributed by atoms with E-state index in [-0.39, 0.29) is 25.7 Å². The van der Waals surface area contributed by atoms with E-state index in [0.29, 0.717) is 31.6 Å². The van der Waals surface area contributed by atoms with Gasteiger partial charge in [-0.05, 0) is 43.4 Å². The molecule has 17 nitrogen and oxygen atoms in total. The third-order valence-corrected chi connectivity index (χ3v) is 19.4. The standard InChI is InChI=1S/C74H144O17P2/c1-8-10-11-12-13-14-15-16-17-21-24-27-33-41-48-55-71(76)84-61-69(90-73(78)57-50-43-34-28-25-22-19-18-20-23-26-31-38-45-52-65(3)4)63-88-92(80,81)86-59-68(75)60-87-93(82,83)89-64-70(62-85-72(77)56-49-42-37-36-39-46-53-66(5)6)91-74(79)58-51-44-35-30-29-32-40-47-54-67(7)9-2/h65-70,75H,8-64H2,1-7H3,(H,80,81)(H,82,83)/t67?,68-,69-,70-/m1/s1. The van der Waals surface area contributed by atoms with Crippen molar-refractivity contribution in [3.8, 4) is 0 Å². The van der Waals surface area contributed by atoms with Crippen molar-refractivity contribution in [2.45, 2.75) is 394 Å². The average molecular weight is 1370 g/mol. The lowest BCUT2D eigenvalue weighted by atomic mass is 9.99. The lowest BCUT2D eigenvalue weighted by Gasteiger charge is -2.21. The zero-order valence-corrected chi connectivity index (χ0v) is 62.5. The topological polar surface area (TPSA) is 237 Å². The monoisotopic (exact) mass is 1370 g/mol. The van der Waals surface area contributed by atoms with Crippen LogP contribution >= 0.6 is 15.6 Å². The minimum atomic E-state index is -4.96. The molecule has 0 rings (SSSR count). The molecule has 0 aromatic rings. The molecule has 0 saturated heterocycles. The molecular weight excluding hydrogens is 1220 g/mol. The van der Waals surface area contributed by atoms with Gasteiger partial charge in [-0.2, -0.15) is 0 Å². The molecule has 0 aliphatic heterocycles. The number of phosphoric ester groups is 2. The minimum Gasteiger partial charge on any atom is -0.462 e. The Morgan fingerprint density at radius 2 is 0.548 bits per heavy atom. The molecule has 0 heterocycles. The Labute approximate surface area is 568 Å². The predicted molar refractivity (Wildman–Crippen MR) is 377 cm³/mol. The van der Waals surface area contributed by atoms with Crippen LogP contribution in [0.3, 0.4) is 0 Å². The second kappa shape index (κ2) is 64.7. The fraction of sp³-hybridized carbons (Fsp3) is 0.946. The van der Waals surface area contributed by atoms with Gasteiger partial charge in [0.2, 0.25) is 0 Å². The van der Waals surface area contributed by atoms with Crippen molar-refractivity contribution in [2.75, 3.05) is 39.6 Å². The molecule has 0 aromatic carbocycles. The van der Waals surface area contributed by atoms with E-state index in [4.69, 9.17) is 37.0 Å². The van der Waals surface area contributed by atoms with Gasteiger partial charge in [-0.25, -0.2) is 9.13 Å². The van der Waals surface area contributed by atoms with Crippen molar-refractivity contribution in [1.82, 2.24) is 0 Å². The Morgan fingerprint density at radius 1 is 0.312 bits per heavy atom. The largest absolute Gasteiger partial charge is 0.472 e. The number of carbonyl (C=O) groups excluding carboxylic acids is 4. The zero-order valence-electron chi connectivity index (χ0n) is 60.7. The first-order valence-electron chi connectivity index (χ1n) is 38.4. The second-order valence-corrected chi connectivity index (χ2v) is 30.8. The maximum atomic E-state index is 13.1. The van der Waals surface area contributed by atoms with Crippen LogP contribution < -0.4 is 0 Å². The van der Waals surface area contributed by atoms with Crippen LogP contribution in [0.2, 0.25) is 0 Å². The van der Waals surface area contributed by atoms with Crippen LogP contribution in [0.5, 0.6) is 0 Å². The lowest BCUT2D eigenvalue weighted by molar-refractivity contribution is -0.161. The van der Waals surface area contributed by atoms with E-state index < -0.39 is 97.5 Å². The fourth-order valence-corrected chi connectivity index (χ4v) is 12.8. The molecule has 3 unspecified atom stereocenters. The van der Waals surface area contributed by atoms with Crippen LogP contribution in [-0.2, 0) is 65.4 Å². The van der Waals surface area contributed by atoms with Gasteiger partial charge in [0.15, 0.2) is 12.2 Å². The summed E-state index contributed by atoms with van der Waals surface area (Å²) in [6.07, 6.45) is 50.0. The Hall–Kier alpha value is -1.94. The van der Waals surface area contributed by atoms with E-state index in [2.05, 4.69) is 48.5 Å². The number of esters is 4. The molecule has 3 N–H and O–H groups in total. The van der Waals surface area contributed by atoms with E-state index >= 15 is 0 Å². The van der Waals surface area contributed by atoms with Gasteiger partial charge in [0.05, 0.1) is 26.4 Å². The number of phosphoric acid groups is 2. The van der Waals surface area contributed by atoms with Gasteiger partial charge in [-0.3, -0.25) is 37.3 Å². The molecule has 0 spiro atoms. The van der Waals surface area contributed by atoms with Crippen molar-refractivity contribution >= 4 is 39.5 Å². The summed E-state index contributed by atoms with van der Waals surface area (Å²) in [4.78, 5) is 72.7. The van der Waals surface area contributed by atoms with Gasteiger partial charge in [0, 0.05) is 25.7 Å². The van der Waals surface area contributed by atoms with Crippen molar-refractivity contribution in [3.63, 3.8) is 0 Å². The first kappa shape index (κ1) is 91.1. The number of hydrogen-bond donors (Lipinski definition) is 3. The number of rotatable bonds is 72. The first-order valence-corrected chi connectivity index (χ1v) is 41.4. The summed E-state index contributed by atoms with van der Waals surface area (Å²) in [5.74, 6) is 0.121. The smallest absolute Gasteiger partial charge is 0.462 e. The summed E-state index contributed by atoms with van der Waals surface area (Å²) >= 11 is 0. The summed E-state index contributed by atoms with van der Waals surface area (Å²) in [6, 6.07) is 0. The molecule has 19 heteroatoms. The highest BCUT2D eigenvalue weighted by atomic mass is 31.2. The van der Waals surface area contributed by atoms with E-state index in [0.717, 1.165) is 108 Å². The molecule has 0 aromatic heterocycles. The van der Waals surface area contributed by atoms with Gasteiger partial charge >= 0.3 is 39.5 Å². The van der Waals surface area contributed by atoms with Crippen LogP contribution in [0.15, 0.2) is 0 Å². The van der Waals surface area contributed by atoms with Crippen molar-refractivity contribution < 1.29 is 80.2 Å². The molecule has 0 bridgehead atoms. The van der Waals surface area contributed by atoms with Gasteiger partial charge in [0.1, 0.15) is 19.3 Å². The van der Waals surface area contributed by atoms with Crippen LogP contribution in [0.1, 0.15) is 376 Å². The number of carbonyl (C=O) groups is 4. The minimum absolute atomic E-state index is 0.104. The van der Waals surface area contributed by atoms with Gasteiger partial charge in [-0.1, -0.05) is 325 Å². The SMILES string of the molecule is CCCCCCCCCCCCCCCCCC(=O)OC[C@H](COP(=O)(O)OC[C@@H](O)COP(=O)(O)OC[C@@H](COC(=O)CCCCCCCCC(C)C)OC(=O)CCCCCCCCCCC(C)CC)OC(=O)CCCCCCCCCCCCCCCCC(C)C. The molecule has 0 saturated carbocycles. The number of unbranched alkanes of at least 4 members (excludes halogenated alkanes) is 39. The van der Waals surface area contributed by atoms with Crippen molar-refractivity contribution in [1.29, 1.82) is 0 Å². The summed E-state index contributed by atoms with van der Waals surface area (Å²) in [5.41, 5.74) is 0. The van der Waals surface area contributed by atoms with Crippen LogP contribution in [0.4, 0.5) is 0 Å². The zero-order chi connectivity index (χ0) is 68.7. The van der Waals surface area contributed by atoms with Gasteiger partial charge in [-0.15, -0.1) is 0 Å². The fourth-order valence-electron chi connectivity index (χ4n) is 11.2. The summed E-state index contributed by atoms with van der Waals surface area (Å²) < 4.78 is 68.4. The molecule has 93 heavy (non-hydrogen) atoms. The molecule has 0 amide bonds. The summed E-state index contributed by atoms with van der Waals surface area (Å²) in [7, 11) is -9.91. The molecule has 6 atom stereocenters. The van der Waals surface area contributed by atoms with E-state index in [1.807, 2.05) is 0 Å². The van der Waals surface area contributed by atoms with Crippen LogP contribution in [0.25, 0.3) is 0 Å². The number of hydrogen-bond acceptors (Lipinski definition) is 15. The second-order valence-electron chi connectivity index (χ2n) is 27.9. The summed E-state index contributed by atoms with van der Waals surface area (Å²) in [5, 5.41) is 10.6. The van der Waals surface area contributed by atoms with E-state index in [1.165, 1.54) is 180 Å². The summed E-state index contributed by atoms with van der Waals surface area (Å²) in [6.45, 7) is 11.8. The predicted octanol–water partition coefficient (Wildman–Crippen LogP) is 21.4. The number of ether oxygens (including phenoxy) is 4. The first-order chi connectivity index (χ1) is 44.8. The highest BCUT2D eigenvalue weighted by Crippen LogP contribution is 2.45. The number of aliphatic hydroxyl groups excluding tert-OH is 1. The molecular formula is C74H144O17P2. The Bertz CT molecular complexity index is 1820. The van der Waals surface area contributed by atoms with E-state index in [1.54, 1.807) is 0 Å². The van der Waals surface area contributed by atoms with Crippen molar-refractivity contribution in [3.05, 3.63) is 0 Å². The third kappa shape index (κ3) is 67.0. The Balaban J connectivity index is 5.24. The van der Waals surface area contributed by atoms with Crippen molar-refractivity contribution in [2.24, 2.45) is 17.8 Å².